The Balaban J connectivity index is 1.64. The van der Waals surface area contributed by atoms with Gasteiger partial charge in [-0.05, 0) is 82.8 Å². The van der Waals surface area contributed by atoms with Crippen molar-refractivity contribution in [2.75, 3.05) is 12.0 Å². The largest absolute Gasteiger partial charge is 0.493 e. The Kier molecular flexibility index (Phi) is 7.95. The maximum atomic E-state index is 13.2. The lowest BCUT2D eigenvalue weighted by Crippen LogP contribution is -2.54. The number of ether oxygens (including phenoxy) is 2. The van der Waals surface area contributed by atoms with Crippen LogP contribution < -0.4 is 19.7 Å². The third-order valence-electron chi connectivity index (χ3n) is 5.07. The SMILES string of the molecule is COc1cc(/C=C2/C(=O)NC(=S)N(c3ccccc3)C2=O)cc(I)c1OCc1ccc(Cl)cc1Cl. The Labute approximate surface area is 230 Å². The molecule has 10 heteroatoms. The van der Waals surface area contributed by atoms with Crippen LogP contribution in [-0.4, -0.2) is 24.0 Å². The summed E-state index contributed by atoms with van der Waals surface area (Å²) in [6.07, 6.45) is 1.50. The molecule has 0 spiro atoms. The van der Waals surface area contributed by atoms with E-state index in [1.54, 1.807) is 54.6 Å². The average molecular weight is 639 g/mol. The molecule has 0 aliphatic carbocycles. The Bertz CT molecular complexity index is 1370. The van der Waals surface area contributed by atoms with Crippen LogP contribution in [0.1, 0.15) is 11.1 Å². The molecule has 1 saturated heterocycles. The molecule has 0 radical (unpaired) electrons. The van der Waals surface area contributed by atoms with Gasteiger partial charge >= 0.3 is 0 Å². The zero-order valence-electron chi connectivity index (χ0n) is 18.2. The second-order valence-corrected chi connectivity index (χ2v) is 9.74. The van der Waals surface area contributed by atoms with Crippen LogP contribution >= 0.6 is 58.0 Å². The second kappa shape index (κ2) is 10.9. The van der Waals surface area contributed by atoms with Crippen molar-refractivity contribution in [3.63, 3.8) is 0 Å². The standard InChI is InChI=1S/C25H17Cl2IN2O4S/c1-33-21-11-14(10-20(28)22(21)34-13-15-7-8-16(26)12-19(15)27)9-18-23(31)29-25(35)30(24(18)32)17-5-3-2-4-6-17/h2-12H,13H2,1H3,(H,29,31,35)/b18-9-. The molecule has 6 nitrogen and oxygen atoms in total. The Morgan fingerprint density at radius 2 is 1.83 bits per heavy atom. The highest BCUT2D eigenvalue weighted by Gasteiger charge is 2.34. The number of benzene rings is 3. The van der Waals surface area contributed by atoms with E-state index >= 15 is 0 Å². The summed E-state index contributed by atoms with van der Waals surface area (Å²) in [5.74, 6) is -0.142. The minimum Gasteiger partial charge on any atom is -0.493 e. The van der Waals surface area contributed by atoms with Crippen LogP contribution in [0.3, 0.4) is 0 Å². The van der Waals surface area contributed by atoms with Crippen LogP contribution in [0.15, 0.2) is 66.2 Å². The predicted octanol–water partition coefficient (Wildman–Crippen LogP) is 6.02. The number of nitrogens with one attached hydrogen (secondary N) is 1. The Morgan fingerprint density at radius 3 is 2.51 bits per heavy atom. The molecule has 0 bridgehead atoms. The molecule has 0 saturated carbocycles. The molecule has 1 aliphatic rings. The van der Waals surface area contributed by atoms with E-state index in [1.165, 1.54) is 18.1 Å². The molecule has 3 aromatic rings. The number of amides is 2. The first-order valence-corrected chi connectivity index (χ1v) is 12.4. The molecule has 3 aromatic carbocycles. The summed E-state index contributed by atoms with van der Waals surface area (Å²) in [6.45, 7) is 0.202. The van der Waals surface area contributed by atoms with Crippen molar-refractivity contribution in [2.24, 2.45) is 0 Å². The first-order chi connectivity index (χ1) is 16.8. The third kappa shape index (κ3) is 5.61. The zero-order valence-corrected chi connectivity index (χ0v) is 22.7. The number of rotatable bonds is 6. The number of para-hydroxylation sites is 1. The molecule has 178 valence electrons. The van der Waals surface area contributed by atoms with Gasteiger partial charge in [0.2, 0.25) is 0 Å². The summed E-state index contributed by atoms with van der Waals surface area (Å²) in [5.41, 5.74) is 1.86. The van der Waals surface area contributed by atoms with Gasteiger partial charge in [0.25, 0.3) is 11.8 Å². The fourth-order valence-electron chi connectivity index (χ4n) is 3.39. The fraction of sp³-hybridized carbons (Fsp3) is 0.0800. The Hall–Kier alpha value is -2.66. The van der Waals surface area contributed by atoms with Gasteiger partial charge in [0.1, 0.15) is 12.2 Å². The molecular formula is C25H17Cl2IN2O4S. The van der Waals surface area contributed by atoms with Crippen LogP contribution in [0.2, 0.25) is 10.0 Å². The lowest BCUT2D eigenvalue weighted by molar-refractivity contribution is -0.122. The van der Waals surface area contributed by atoms with E-state index in [0.29, 0.717) is 32.8 Å². The van der Waals surface area contributed by atoms with Crippen LogP contribution in [0, 0.1) is 3.57 Å². The van der Waals surface area contributed by atoms with Crippen molar-refractivity contribution in [2.45, 2.75) is 6.61 Å². The highest BCUT2D eigenvalue weighted by molar-refractivity contribution is 14.1. The van der Waals surface area contributed by atoms with Crippen molar-refractivity contribution in [3.8, 4) is 11.5 Å². The van der Waals surface area contributed by atoms with E-state index in [1.807, 2.05) is 6.07 Å². The monoisotopic (exact) mass is 638 g/mol. The predicted molar refractivity (Wildman–Crippen MR) is 149 cm³/mol. The van der Waals surface area contributed by atoms with Crippen LogP contribution in [0.5, 0.6) is 11.5 Å². The lowest BCUT2D eigenvalue weighted by Gasteiger charge is -2.28. The molecule has 35 heavy (non-hydrogen) atoms. The van der Waals surface area contributed by atoms with Crippen molar-refractivity contribution in [3.05, 3.63) is 91.0 Å². The van der Waals surface area contributed by atoms with E-state index in [9.17, 15) is 9.59 Å². The molecule has 0 aromatic heterocycles. The second-order valence-electron chi connectivity index (χ2n) is 7.35. The molecule has 1 fully saturated rings. The quantitative estimate of drug-likeness (QED) is 0.155. The number of carbonyl (C=O) groups excluding carboxylic acids is 2. The minimum absolute atomic E-state index is 0.0279. The van der Waals surface area contributed by atoms with Crippen molar-refractivity contribution >= 4 is 86.7 Å². The van der Waals surface area contributed by atoms with Gasteiger partial charge in [-0.15, -0.1) is 0 Å². The molecule has 1 aliphatic heterocycles. The van der Waals surface area contributed by atoms with Crippen molar-refractivity contribution in [1.82, 2.24) is 5.32 Å². The number of thiocarbonyl (C=S) groups is 1. The van der Waals surface area contributed by atoms with Crippen LogP contribution in [0.4, 0.5) is 5.69 Å². The van der Waals surface area contributed by atoms with Gasteiger partial charge in [0.15, 0.2) is 16.6 Å². The number of hydrogen-bond acceptors (Lipinski definition) is 5. The molecule has 1 N–H and O–H groups in total. The first-order valence-electron chi connectivity index (χ1n) is 10.2. The first kappa shape index (κ1) is 25.4. The third-order valence-corrected chi connectivity index (χ3v) is 6.74. The van der Waals surface area contributed by atoms with Crippen LogP contribution in [0.25, 0.3) is 6.08 Å². The molecule has 0 atom stereocenters. The van der Waals surface area contributed by atoms with Gasteiger partial charge in [-0.2, -0.15) is 0 Å². The number of hydrogen-bond donors (Lipinski definition) is 1. The number of halogens is 3. The van der Waals surface area contributed by atoms with Gasteiger partial charge in [-0.25, -0.2) is 0 Å². The number of nitrogens with zero attached hydrogens (tertiary/aromatic N) is 1. The molecule has 1 heterocycles. The summed E-state index contributed by atoms with van der Waals surface area (Å²) in [7, 11) is 1.51. The molecular weight excluding hydrogens is 622 g/mol. The summed E-state index contributed by atoms with van der Waals surface area (Å²) >= 11 is 19.6. The Morgan fingerprint density at radius 1 is 1.09 bits per heavy atom. The summed E-state index contributed by atoms with van der Waals surface area (Å²) in [6, 6.07) is 17.5. The van der Waals surface area contributed by atoms with Gasteiger partial charge in [-0.1, -0.05) is 47.5 Å². The minimum atomic E-state index is -0.570. The molecule has 0 unspecified atom stereocenters. The van der Waals surface area contributed by atoms with Gasteiger partial charge in [0.05, 0.1) is 16.4 Å². The number of methoxy groups -OCH3 is 1. The van der Waals surface area contributed by atoms with E-state index < -0.39 is 11.8 Å². The smallest absolute Gasteiger partial charge is 0.270 e. The fourth-order valence-corrected chi connectivity index (χ4v) is 4.91. The lowest BCUT2D eigenvalue weighted by atomic mass is 10.1. The van der Waals surface area contributed by atoms with Gasteiger partial charge < -0.3 is 9.47 Å². The van der Waals surface area contributed by atoms with E-state index in [2.05, 4.69) is 27.9 Å². The van der Waals surface area contributed by atoms with Crippen LogP contribution in [-0.2, 0) is 16.2 Å². The van der Waals surface area contributed by atoms with Gasteiger partial charge in [-0.3, -0.25) is 19.8 Å². The van der Waals surface area contributed by atoms with E-state index in [0.717, 1.165) is 9.13 Å². The number of carbonyl (C=O) groups is 2. The molecule has 2 amide bonds. The maximum absolute atomic E-state index is 13.2. The maximum Gasteiger partial charge on any atom is 0.270 e. The van der Waals surface area contributed by atoms with Crippen molar-refractivity contribution in [1.29, 1.82) is 0 Å². The normalized spacial score (nSPS) is 14.8. The topological polar surface area (TPSA) is 67.9 Å². The highest BCUT2D eigenvalue weighted by atomic mass is 127. The summed E-state index contributed by atoms with van der Waals surface area (Å²) < 4.78 is 12.2. The van der Waals surface area contributed by atoms with Gasteiger partial charge in [0, 0.05) is 15.6 Å². The van der Waals surface area contributed by atoms with E-state index in [-0.39, 0.29) is 17.3 Å². The highest BCUT2D eigenvalue weighted by Crippen LogP contribution is 2.36. The summed E-state index contributed by atoms with van der Waals surface area (Å²) in [5, 5.41) is 3.64. The summed E-state index contributed by atoms with van der Waals surface area (Å²) in [4.78, 5) is 27.1. The van der Waals surface area contributed by atoms with Crippen molar-refractivity contribution < 1.29 is 19.1 Å². The van der Waals surface area contributed by atoms with E-state index in [4.69, 9.17) is 44.9 Å². The zero-order chi connectivity index (χ0) is 25.1. The molecule has 4 rings (SSSR count). The number of anilines is 1. The average Bonchev–Trinajstić information content (AvgIpc) is 2.82.